The van der Waals surface area contributed by atoms with Gasteiger partial charge in [-0.1, -0.05) is 0 Å². The summed E-state index contributed by atoms with van der Waals surface area (Å²) in [4.78, 5) is 36.6. The second kappa shape index (κ2) is 8.99. The Bertz CT molecular complexity index is 562. The van der Waals surface area contributed by atoms with Gasteiger partial charge in [-0.3, -0.25) is 14.4 Å². The van der Waals surface area contributed by atoms with Crippen molar-refractivity contribution in [3.05, 3.63) is 0 Å². The molecule has 2 aliphatic heterocycles. The Morgan fingerprint density at radius 1 is 1.26 bits per heavy atom. The lowest BCUT2D eigenvalue weighted by Gasteiger charge is -2.53. The predicted molar refractivity (Wildman–Crippen MR) is 98.6 cm³/mol. The van der Waals surface area contributed by atoms with Crippen LogP contribution in [0.1, 0.15) is 46.0 Å². The molecular formula is C18H32N4O5. The van der Waals surface area contributed by atoms with Gasteiger partial charge >= 0.3 is 0 Å². The second-order valence-electron chi connectivity index (χ2n) is 7.70. The number of likely N-dealkylation sites (tertiary alicyclic amines) is 1. The molecular weight excluding hydrogens is 352 g/mol. The number of nitrogens with two attached hydrogens (primary N) is 1. The van der Waals surface area contributed by atoms with Crippen molar-refractivity contribution in [1.82, 2.24) is 15.5 Å². The fraction of sp³-hybridized carbons (Fsp3) is 0.833. The third-order valence-corrected chi connectivity index (χ3v) is 5.63. The monoisotopic (exact) mass is 384 g/mol. The van der Waals surface area contributed by atoms with E-state index in [1.165, 1.54) is 6.92 Å². The lowest BCUT2D eigenvalue weighted by Crippen LogP contribution is -2.69. The summed E-state index contributed by atoms with van der Waals surface area (Å²) in [6.45, 7) is 5.09. The number of nitrogens with one attached hydrogen (secondary N) is 2. The van der Waals surface area contributed by atoms with Gasteiger partial charge in [0.05, 0.1) is 17.7 Å². The number of amides is 3. The van der Waals surface area contributed by atoms with Crippen LogP contribution in [0, 0.1) is 0 Å². The van der Waals surface area contributed by atoms with Crippen molar-refractivity contribution in [2.24, 2.45) is 5.73 Å². The zero-order valence-corrected chi connectivity index (χ0v) is 16.3. The minimum Gasteiger partial charge on any atom is -0.388 e. The highest BCUT2D eigenvalue weighted by molar-refractivity contribution is 5.78. The van der Waals surface area contributed by atoms with Crippen LogP contribution in [0.4, 0.5) is 0 Å². The van der Waals surface area contributed by atoms with Gasteiger partial charge in [0, 0.05) is 39.6 Å². The Labute approximate surface area is 160 Å². The van der Waals surface area contributed by atoms with Gasteiger partial charge in [-0.2, -0.15) is 0 Å². The van der Waals surface area contributed by atoms with E-state index in [9.17, 15) is 19.5 Å². The van der Waals surface area contributed by atoms with Crippen LogP contribution in [0.25, 0.3) is 0 Å². The number of rotatable bonds is 6. The van der Waals surface area contributed by atoms with E-state index in [1.54, 1.807) is 4.90 Å². The molecule has 2 saturated heterocycles. The average molecular weight is 384 g/mol. The number of nitrogens with zero attached hydrogens (tertiary/aromatic N) is 1. The van der Waals surface area contributed by atoms with E-state index in [1.807, 2.05) is 6.92 Å². The van der Waals surface area contributed by atoms with E-state index < -0.39 is 17.2 Å². The Morgan fingerprint density at radius 2 is 1.93 bits per heavy atom. The zero-order valence-electron chi connectivity index (χ0n) is 16.3. The largest absolute Gasteiger partial charge is 0.388 e. The van der Waals surface area contributed by atoms with Gasteiger partial charge in [0.1, 0.15) is 6.10 Å². The summed E-state index contributed by atoms with van der Waals surface area (Å²) < 4.78 is 5.96. The lowest BCUT2D eigenvalue weighted by molar-refractivity contribution is -0.208. The SMILES string of the molecule is CC(=O)NCCCC(=O)N[C@]1(C)CCOC2(CCN(C(=O)CN)CC2)[C@H]1O. The van der Waals surface area contributed by atoms with Crippen LogP contribution in [0.5, 0.6) is 0 Å². The van der Waals surface area contributed by atoms with E-state index >= 15 is 0 Å². The number of carbonyl (C=O) groups excluding carboxylic acids is 3. The van der Waals surface area contributed by atoms with Gasteiger partial charge < -0.3 is 31.1 Å². The molecule has 2 aliphatic rings. The molecule has 2 heterocycles. The van der Waals surface area contributed by atoms with Crippen molar-refractivity contribution in [1.29, 1.82) is 0 Å². The van der Waals surface area contributed by atoms with Crippen LogP contribution in [-0.4, -0.2) is 77.8 Å². The molecule has 2 fully saturated rings. The van der Waals surface area contributed by atoms with Gasteiger partial charge in [-0.15, -0.1) is 0 Å². The molecule has 5 N–H and O–H groups in total. The summed E-state index contributed by atoms with van der Waals surface area (Å²) in [5, 5.41) is 16.7. The molecule has 2 atom stereocenters. The maximum absolute atomic E-state index is 12.3. The highest BCUT2D eigenvalue weighted by Gasteiger charge is 2.54. The van der Waals surface area contributed by atoms with Crippen LogP contribution in [0.2, 0.25) is 0 Å². The van der Waals surface area contributed by atoms with Crippen molar-refractivity contribution in [3.63, 3.8) is 0 Å². The molecule has 0 aromatic heterocycles. The minimum absolute atomic E-state index is 0.0251. The predicted octanol–water partition coefficient (Wildman–Crippen LogP) is -1.12. The molecule has 2 rings (SSSR count). The third kappa shape index (κ3) is 5.18. The molecule has 9 heteroatoms. The van der Waals surface area contributed by atoms with Gasteiger partial charge in [-0.05, 0) is 32.6 Å². The number of hydrogen-bond acceptors (Lipinski definition) is 6. The topological polar surface area (TPSA) is 134 Å². The Hall–Kier alpha value is -1.71. The van der Waals surface area contributed by atoms with E-state index in [4.69, 9.17) is 10.5 Å². The van der Waals surface area contributed by atoms with Crippen molar-refractivity contribution >= 4 is 17.7 Å². The summed E-state index contributed by atoms with van der Waals surface area (Å²) in [5.74, 6) is -0.385. The van der Waals surface area contributed by atoms with Crippen LogP contribution in [-0.2, 0) is 19.1 Å². The first-order valence-corrected chi connectivity index (χ1v) is 9.58. The number of aliphatic hydroxyl groups is 1. The fourth-order valence-electron chi connectivity index (χ4n) is 3.97. The minimum atomic E-state index is -0.867. The summed E-state index contributed by atoms with van der Waals surface area (Å²) in [7, 11) is 0. The van der Waals surface area contributed by atoms with E-state index in [-0.39, 0.29) is 30.7 Å². The van der Waals surface area contributed by atoms with E-state index in [0.717, 1.165) is 0 Å². The highest BCUT2D eigenvalue weighted by Crippen LogP contribution is 2.40. The standard InChI is InChI=1S/C18H32N4O5/c1-13(23)20-8-3-4-14(24)21-17(2)7-11-27-18(16(17)26)5-9-22(10-6-18)15(25)12-19/h16,26H,3-12,19H2,1-2H3,(H,20,23)(H,21,24)/t16-,17+/m0/s1. The van der Waals surface area contributed by atoms with Gasteiger partial charge in [-0.25, -0.2) is 0 Å². The fourth-order valence-corrected chi connectivity index (χ4v) is 3.97. The number of ether oxygens (including phenoxy) is 1. The Balaban J connectivity index is 1.92. The van der Waals surface area contributed by atoms with Crippen molar-refractivity contribution in [2.75, 3.05) is 32.8 Å². The third-order valence-electron chi connectivity index (χ3n) is 5.63. The maximum Gasteiger partial charge on any atom is 0.236 e. The number of carbonyl (C=O) groups is 3. The van der Waals surface area contributed by atoms with E-state index in [2.05, 4.69) is 10.6 Å². The Morgan fingerprint density at radius 3 is 2.52 bits per heavy atom. The molecule has 0 saturated carbocycles. The van der Waals surface area contributed by atoms with Crippen LogP contribution < -0.4 is 16.4 Å². The first kappa shape index (κ1) is 21.6. The summed E-state index contributed by atoms with van der Waals surface area (Å²) in [6, 6.07) is 0. The maximum atomic E-state index is 12.3. The smallest absolute Gasteiger partial charge is 0.236 e. The number of hydrogen-bond donors (Lipinski definition) is 4. The van der Waals surface area contributed by atoms with Gasteiger partial charge in [0.25, 0.3) is 0 Å². The Kier molecular flexibility index (Phi) is 7.19. The van der Waals surface area contributed by atoms with Crippen molar-refractivity contribution in [2.45, 2.75) is 63.2 Å². The lowest BCUT2D eigenvalue weighted by atomic mass is 9.73. The molecule has 0 aliphatic carbocycles. The van der Waals surface area contributed by atoms with Gasteiger partial charge in [0.15, 0.2) is 0 Å². The molecule has 0 bridgehead atoms. The molecule has 27 heavy (non-hydrogen) atoms. The van der Waals surface area contributed by atoms with Crippen LogP contribution >= 0.6 is 0 Å². The molecule has 0 unspecified atom stereocenters. The molecule has 1 spiro atoms. The van der Waals surface area contributed by atoms with Crippen LogP contribution in [0.15, 0.2) is 0 Å². The molecule has 0 aromatic rings. The molecule has 0 aromatic carbocycles. The first-order valence-electron chi connectivity index (χ1n) is 9.58. The summed E-state index contributed by atoms with van der Waals surface area (Å²) in [5.41, 5.74) is 3.87. The zero-order chi connectivity index (χ0) is 20.1. The van der Waals surface area contributed by atoms with Crippen LogP contribution in [0.3, 0.4) is 0 Å². The van der Waals surface area contributed by atoms with Gasteiger partial charge in [0.2, 0.25) is 17.7 Å². The first-order chi connectivity index (χ1) is 12.7. The summed E-state index contributed by atoms with van der Waals surface area (Å²) >= 11 is 0. The normalized spacial score (nSPS) is 27.3. The molecule has 3 amide bonds. The average Bonchev–Trinajstić information content (AvgIpc) is 2.63. The molecule has 9 nitrogen and oxygen atoms in total. The summed E-state index contributed by atoms with van der Waals surface area (Å²) in [6.07, 6.45) is 1.47. The quantitative estimate of drug-likeness (QED) is 0.429. The van der Waals surface area contributed by atoms with Crippen molar-refractivity contribution in [3.8, 4) is 0 Å². The number of piperidine rings is 1. The van der Waals surface area contributed by atoms with E-state index in [0.29, 0.717) is 51.9 Å². The second-order valence-corrected chi connectivity index (χ2v) is 7.70. The molecule has 154 valence electrons. The number of aliphatic hydroxyl groups excluding tert-OH is 1. The molecule has 0 radical (unpaired) electrons. The highest BCUT2D eigenvalue weighted by atomic mass is 16.5. The van der Waals surface area contributed by atoms with Crippen molar-refractivity contribution < 1.29 is 24.2 Å².